The van der Waals surface area contributed by atoms with Crippen LogP contribution in [0.5, 0.6) is 0 Å². The summed E-state index contributed by atoms with van der Waals surface area (Å²) in [4.78, 5) is 8.60. The van der Waals surface area contributed by atoms with E-state index in [1.807, 2.05) is 36.4 Å². The van der Waals surface area contributed by atoms with Crippen molar-refractivity contribution in [3.63, 3.8) is 0 Å². The first kappa shape index (κ1) is 13.7. The van der Waals surface area contributed by atoms with Crippen LogP contribution < -0.4 is 0 Å². The van der Waals surface area contributed by atoms with Crippen molar-refractivity contribution >= 4 is 42.8 Å². The highest BCUT2D eigenvalue weighted by Crippen LogP contribution is 2.31. The van der Waals surface area contributed by atoms with Crippen molar-refractivity contribution in [1.82, 2.24) is 9.97 Å². The second-order valence-corrected chi connectivity index (χ2v) is 6.11. The second kappa shape index (κ2) is 5.60. The molecule has 3 aromatic rings. The van der Waals surface area contributed by atoms with Crippen LogP contribution >= 0.6 is 31.9 Å². The largest absolute Gasteiger partial charge is 0.382 e. The molecule has 1 atom stereocenters. The molecule has 0 aliphatic heterocycles. The highest BCUT2D eigenvalue weighted by molar-refractivity contribution is 9.11. The molecule has 0 aliphatic rings. The Bertz CT molecular complexity index is 771. The Kier molecular flexibility index (Phi) is 3.83. The predicted molar refractivity (Wildman–Crippen MR) is 85.4 cm³/mol. The third-order valence-electron chi connectivity index (χ3n) is 3.07. The summed E-state index contributed by atoms with van der Waals surface area (Å²) in [7, 11) is 0. The maximum atomic E-state index is 10.6. The fourth-order valence-corrected chi connectivity index (χ4v) is 3.34. The van der Waals surface area contributed by atoms with Crippen LogP contribution in [0.1, 0.15) is 17.4 Å². The van der Waals surface area contributed by atoms with Crippen LogP contribution in [0.4, 0.5) is 0 Å². The molecule has 0 amide bonds. The Hall–Kier alpha value is -1.30. The van der Waals surface area contributed by atoms with Gasteiger partial charge in [0, 0.05) is 26.7 Å². The van der Waals surface area contributed by atoms with E-state index in [9.17, 15) is 5.11 Å². The van der Waals surface area contributed by atoms with Gasteiger partial charge in [0.1, 0.15) is 6.10 Å². The minimum absolute atomic E-state index is 0.588. The third kappa shape index (κ3) is 2.49. The van der Waals surface area contributed by atoms with Gasteiger partial charge in [-0.25, -0.2) is 0 Å². The molecule has 0 spiro atoms. The highest BCUT2D eigenvalue weighted by atomic mass is 79.9. The van der Waals surface area contributed by atoms with Gasteiger partial charge in [-0.1, -0.05) is 18.2 Å². The zero-order chi connectivity index (χ0) is 14.1. The van der Waals surface area contributed by atoms with Gasteiger partial charge in [0.15, 0.2) is 0 Å². The number of aromatic nitrogens is 2. The molecule has 0 bridgehead atoms. The van der Waals surface area contributed by atoms with Crippen molar-refractivity contribution in [1.29, 1.82) is 0 Å². The van der Waals surface area contributed by atoms with Gasteiger partial charge in [-0.3, -0.25) is 9.97 Å². The van der Waals surface area contributed by atoms with Crippen molar-refractivity contribution in [3.8, 4) is 0 Å². The Morgan fingerprint density at radius 3 is 2.70 bits per heavy atom. The Morgan fingerprint density at radius 1 is 1.05 bits per heavy atom. The molecule has 0 radical (unpaired) electrons. The van der Waals surface area contributed by atoms with E-state index >= 15 is 0 Å². The smallest absolute Gasteiger partial charge is 0.123 e. The molecule has 3 rings (SSSR count). The summed E-state index contributed by atoms with van der Waals surface area (Å²) < 4.78 is 1.63. The summed E-state index contributed by atoms with van der Waals surface area (Å²) >= 11 is 6.80. The zero-order valence-corrected chi connectivity index (χ0v) is 13.5. The van der Waals surface area contributed by atoms with Crippen molar-refractivity contribution in [2.45, 2.75) is 6.10 Å². The maximum Gasteiger partial charge on any atom is 0.123 e. The lowest BCUT2D eigenvalue weighted by Gasteiger charge is -2.14. The Labute approximate surface area is 133 Å². The van der Waals surface area contributed by atoms with Crippen LogP contribution in [0.2, 0.25) is 0 Å². The van der Waals surface area contributed by atoms with Gasteiger partial charge >= 0.3 is 0 Å². The Morgan fingerprint density at radius 2 is 1.90 bits per heavy atom. The summed E-state index contributed by atoms with van der Waals surface area (Å²) in [5.74, 6) is 0. The minimum Gasteiger partial charge on any atom is -0.382 e. The van der Waals surface area contributed by atoms with Crippen LogP contribution in [-0.4, -0.2) is 15.1 Å². The summed E-state index contributed by atoms with van der Waals surface area (Å²) in [6.07, 6.45) is 2.62. The van der Waals surface area contributed by atoms with Crippen LogP contribution in [0.3, 0.4) is 0 Å². The van der Waals surface area contributed by atoms with Crippen molar-refractivity contribution < 1.29 is 5.11 Å². The number of benzene rings is 1. The fourth-order valence-electron chi connectivity index (χ4n) is 2.14. The number of rotatable bonds is 2. The molecule has 0 aliphatic carbocycles. The summed E-state index contributed by atoms with van der Waals surface area (Å²) in [5, 5.41) is 11.6. The van der Waals surface area contributed by atoms with Crippen LogP contribution in [0, 0.1) is 0 Å². The summed E-state index contributed by atoms with van der Waals surface area (Å²) in [5.41, 5.74) is 2.24. The quantitative estimate of drug-likeness (QED) is 0.708. The number of hydrogen-bond acceptors (Lipinski definition) is 3. The first-order chi connectivity index (χ1) is 9.66. The summed E-state index contributed by atoms with van der Waals surface area (Å²) in [6, 6.07) is 11.4. The number of hydrogen-bond donors (Lipinski definition) is 1. The highest BCUT2D eigenvalue weighted by Gasteiger charge is 2.18. The molecule has 3 nitrogen and oxygen atoms in total. The zero-order valence-electron chi connectivity index (χ0n) is 10.3. The normalized spacial score (nSPS) is 12.6. The summed E-state index contributed by atoms with van der Waals surface area (Å²) in [6.45, 7) is 0. The number of fused-ring (bicyclic) bond motifs is 1. The first-order valence-electron chi connectivity index (χ1n) is 5.99. The molecule has 1 unspecified atom stereocenters. The first-order valence-corrected chi connectivity index (χ1v) is 7.58. The lowest BCUT2D eigenvalue weighted by Crippen LogP contribution is -2.04. The monoisotopic (exact) mass is 392 g/mol. The van der Waals surface area contributed by atoms with E-state index < -0.39 is 6.10 Å². The molecular weight excluding hydrogens is 384 g/mol. The van der Waals surface area contributed by atoms with Crippen molar-refractivity contribution in [2.75, 3.05) is 0 Å². The molecular formula is C15H10Br2N2O. The molecule has 2 heterocycles. The third-order valence-corrected chi connectivity index (χ3v) is 4.14. The molecule has 1 aromatic carbocycles. The van der Waals surface area contributed by atoms with Crippen molar-refractivity contribution in [3.05, 3.63) is 69.0 Å². The van der Waals surface area contributed by atoms with Gasteiger partial charge < -0.3 is 5.11 Å². The van der Waals surface area contributed by atoms with E-state index in [-0.39, 0.29) is 0 Å². The lowest BCUT2D eigenvalue weighted by molar-refractivity contribution is 0.216. The van der Waals surface area contributed by atoms with Gasteiger partial charge in [0.05, 0.1) is 11.2 Å². The molecule has 100 valence electrons. The molecule has 5 heteroatoms. The fraction of sp³-hybridized carbons (Fsp3) is 0.0667. The van der Waals surface area contributed by atoms with Gasteiger partial charge in [0.2, 0.25) is 0 Å². The number of halogens is 2. The maximum absolute atomic E-state index is 10.6. The predicted octanol–water partition coefficient (Wildman–Crippen LogP) is 4.24. The molecule has 0 fully saturated rings. The molecule has 0 saturated carbocycles. The average Bonchev–Trinajstić information content (AvgIpc) is 2.46. The van der Waals surface area contributed by atoms with Crippen LogP contribution in [-0.2, 0) is 0 Å². The van der Waals surface area contributed by atoms with Crippen molar-refractivity contribution in [2.24, 2.45) is 0 Å². The van der Waals surface area contributed by atoms with Crippen LogP contribution in [0.25, 0.3) is 10.9 Å². The number of pyridine rings is 2. The lowest BCUT2D eigenvalue weighted by atomic mass is 10.0. The van der Waals surface area contributed by atoms with E-state index in [2.05, 4.69) is 41.8 Å². The number of nitrogens with zero attached hydrogens (tertiary/aromatic N) is 2. The van der Waals surface area contributed by atoms with E-state index in [1.165, 1.54) is 0 Å². The number of aliphatic hydroxyl groups excluding tert-OH is 1. The van der Waals surface area contributed by atoms with Gasteiger partial charge in [-0.2, -0.15) is 0 Å². The second-order valence-electron chi connectivity index (χ2n) is 4.34. The average molecular weight is 394 g/mol. The minimum atomic E-state index is -0.801. The van der Waals surface area contributed by atoms with Gasteiger partial charge in [0.25, 0.3) is 0 Å². The standard InChI is InChI=1S/C15H10Br2N2O/c16-9-7-12(17)14(19-8-9)15(20)11-3-1-5-13-10(11)4-2-6-18-13/h1-8,15,20H. The molecule has 20 heavy (non-hydrogen) atoms. The topological polar surface area (TPSA) is 46.0 Å². The van der Waals surface area contributed by atoms with E-state index in [0.29, 0.717) is 5.69 Å². The van der Waals surface area contributed by atoms with Gasteiger partial charge in [-0.15, -0.1) is 0 Å². The molecule has 0 saturated heterocycles. The van der Waals surface area contributed by atoms with E-state index in [1.54, 1.807) is 12.4 Å². The SMILES string of the molecule is OC(c1ncc(Br)cc1Br)c1cccc2ncccc12. The van der Waals surface area contributed by atoms with Crippen LogP contribution in [0.15, 0.2) is 57.7 Å². The molecule has 1 N–H and O–H groups in total. The Balaban J connectivity index is 2.15. The van der Waals surface area contributed by atoms with E-state index in [0.717, 1.165) is 25.4 Å². The van der Waals surface area contributed by atoms with Gasteiger partial charge in [-0.05, 0) is 55.6 Å². The molecule has 2 aromatic heterocycles. The van der Waals surface area contributed by atoms with E-state index in [4.69, 9.17) is 0 Å². The number of aliphatic hydroxyl groups is 1.